The molecule has 1 aromatic heterocycles. The van der Waals surface area contributed by atoms with E-state index >= 15 is 0 Å². The second kappa shape index (κ2) is 7.32. The molecule has 0 aliphatic heterocycles. The van der Waals surface area contributed by atoms with Crippen molar-refractivity contribution in [1.82, 2.24) is 24.9 Å². The molecule has 0 amide bonds. The van der Waals surface area contributed by atoms with Crippen LogP contribution in [0.1, 0.15) is 16.7 Å². The largest absolute Gasteiger partial charge is 0.416 e. The molecular weight excluding hydrogens is 395 g/mol. The second-order valence-corrected chi connectivity index (χ2v) is 7.85. The van der Waals surface area contributed by atoms with Crippen molar-refractivity contribution in [2.24, 2.45) is 7.05 Å². The molecule has 0 radical (unpaired) electrons. The van der Waals surface area contributed by atoms with E-state index in [1.165, 1.54) is 55.3 Å². The standard InChI is InChI=1S/C17H16F3N5O2S/c1-21-28(26,27)13-8-7-11(14(10-13)16-22-24-25(2)23-16)9-12-5-3-4-6-15(12)17(18,19)20/h3-8,10,21H,9H2,1-2H3. The summed E-state index contributed by atoms with van der Waals surface area (Å²) < 4.78 is 66.4. The molecule has 0 fully saturated rings. The first-order valence-electron chi connectivity index (χ1n) is 8.08. The molecule has 0 aliphatic rings. The van der Waals surface area contributed by atoms with Crippen LogP contribution in [0.4, 0.5) is 13.2 Å². The molecule has 0 atom stereocenters. The molecule has 0 saturated heterocycles. The van der Waals surface area contributed by atoms with E-state index < -0.39 is 21.8 Å². The average Bonchev–Trinajstić information content (AvgIpc) is 3.07. The van der Waals surface area contributed by atoms with Crippen LogP contribution in [0.25, 0.3) is 11.4 Å². The molecule has 7 nitrogen and oxygen atoms in total. The molecule has 0 bridgehead atoms. The van der Waals surface area contributed by atoms with Gasteiger partial charge in [-0.15, -0.1) is 10.2 Å². The smallest absolute Gasteiger partial charge is 0.214 e. The van der Waals surface area contributed by atoms with Gasteiger partial charge in [0.05, 0.1) is 17.5 Å². The minimum Gasteiger partial charge on any atom is -0.214 e. The normalized spacial score (nSPS) is 12.3. The number of aromatic nitrogens is 4. The van der Waals surface area contributed by atoms with Crippen LogP contribution in [0.3, 0.4) is 0 Å². The van der Waals surface area contributed by atoms with Gasteiger partial charge in [0.25, 0.3) is 0 Å². The summed E-state index contributed by atoms with van der Waals surface area (Å²) in [6.45, 7) is 0. The molecule has 1 heterocycles. The topological polar surface area (TPSA) is 89.8 Å². The fraction of sp³-hybridized carbons (Fsp3) is 0.235. The van der Waals surface area contributed by atoms with Crippen molar-refractivity contribution in [2.45, 2.75) is 17.5 Å². The molecular formula is C17H16F3N5O2S. The maximum atomic E-state index is 13.3. The van der Waals surface area contributed by atoms with Gasteiger partial charge in [-0.1, -0.05) is 24.3 Å². The zero-order valence-corrected chi connectivity index (χ0v) is 15.7. The van der Waals surface area contributed by atoms with Crippen molar-refractivity contribution in [2.75, 3.05) is 7.05 Å². The highest BCUT2D eigenvalue weighted by Gasteiger charge is 2.33. The summed E-state index contributed by atoms with van der Waals surface area (Å²) in [6, 6.07) is 9.35. The van der Waals surface area contributed by atoms with Crippen LogP contribution in [0, 0.1) is 0 Å². The molecule has 0 saturated carbocycles. The van der Waals surface area contributed by atoms with Gasteiger partial charge >= 0.3 is 6.18 Å². The van der Waals surface area contributed by atoms with E-state index in [4.69, 9.17) is 0 Å². The summed E-state index contributed by atoms with van der Waals surface area (Å²) in [4.78, 5) is 1.13. The number of rotatable bonds is 5. The molecule has 3 rings (SSSR count). The molecule has 0 aliphatic carbocycles. The molecule has 1 N–H and O–H groups in total. The van der Waals surface area contributed by atoms with Gasteiger partial charge in [-0.25, -0.2) is 13.1 Å². The minimum absolute atomic E-state index is 0.0506. The Morgan fingerprint density at radius 2 is 1.82 bits per heavy atom. The molecule has 148 valence electrons. The van der Waals surface area contributed by atoms with Gasteiger partial charge in [0, 0.05) is 5.56 Å². The van der Waals surface area contributed by atoms with Gasteiger partial charge in [-0.2, -0.15) is 18.0 Å². The van der Waals surface area contributed by atoms with E-state index in [1.807, 2.05) is 0 Å². The Kier molecular flexibility index (Phi) is 5.22. The van der Waals surface area contributed by atoms with E-state index in [0.29, 0.717) is 11.1 Å². The van der Waals surface area contributed by atoms with Gasteiger partial charge in [-0.3, -0.25) is 0 Å². The molecule has 11 heteroatoms. The fourth-order valence-corrected chi connectivity index (χ4v) is 3.51. The first kappa shape index (κ1) is 20.0. The highest BCUT2D eigenvalue weighted by molar-refractivity contribution is 7.89. The van der Waals surface area contributed by atoms with Gasteiger partial charge in [0.2, 0.25) is 15.8 Å². The first-order chi connectivity index (χ1) is 13.1. The number of nitrogens with one attached hydrogen (secondary N) is 1. The molecule has 0 spiro atoms. The Balaban J connectivity index is 2.14. The van der Waals surface area contributed by atoms with Gasteiger partial charge < -0.3 is 0 Å². The zero-order chi connectivity index (χ0) is 20.5. The predicted molar refractivity (Wildman–Crippen MR) is 94.7 cm³/mol. The third-order valence-corrected chi connectivity index (χ3v) is 5.53. The highest BCUT2D eigenvalue weighted by Crippen LogP contribution is 2.34. The zero-order valence-electron chi connectivity index (χ0n) is 14.9. The summed E-state index contributed by atoms with van der Waals surface area (Å²) in [6.07, 6.45) is -4.58. The van der Waals surface area contributed by atoms with Crippen molar-refractivity contribution in [3.05, 3.63) is 59.2 Å². The lowest BCUT2D eigenvalue weighted by Crippen LogP contribution is -2.18. The summed E-state index contributed by atoms with van der Waals surface area (Å²) in [5, 5.41) is 11.7. The van der Waals surface area contributed by atoms with Crippen LogP contribution in [0.15, 0.2) is 47.4 Å². The van der Waals surface area contributed by atoms with Crippen molar-refractivity contribution in [1.29, 1.82) is 0 Å². The minimum atomic E-state index is -4.50. The Morgan fingerprint density at radius 1 is 1.11 bits per heavy atom. The number of benzene rings is 2. The van der Waals surface area contributed by atoms with Crippen molar-refractivity contribution >= 4 is 10.0 Å². The Morgan fingerprint density at radius 3 is 2.43 bits per heavy atom. The first-order valence-corrected chi connectivity index (χ1v) is 9.56. The molecule has 2 aromatic carbocycles. The molecule has 0 unspecified atom stereocenters. The van der Waals surface area contributed by atoms with Crippen LogP contribution in [0.2, 0.25) is 0 Å². The van der Waals surface area contributed by atoms with E-state index in [9.17, 15) is 21.6 Å². The lowest BCUT2D eigenvalue weighted by Gasteiger charge is -2.14. The number of nitrogens with zero attached hydrogens (tertiary/aromatic N) is 4. The van der Waals surface area contributed by atoms with Gasteiger partial charge in [-0.05, 0) is 48.0 Å². The van der Waals surface area contributed by atoms with E-state index in [1.54, 1.807) is 0 Å². The molecule has 3 aromatic rings. The van der Waals surface area contributed by atoms with Gasteiger partial charge in [0.15, 0.2) is 0 Å². The SMILES string of the molecule is CNS(=O)(=O)c1ccc(Cc2ccccc2C(F)(F)F)c(-c2nnn(C)n2)c1. The van der Waals surface area contributed by atoms with Crippen LogP contribution in [0.5, 0.6) is 0 Å². The summed E-state index contributed by atoms with van der Waals surface area (Å²) in [5.74, 6) is 0.121. The number of tetrazole rings is 1. The number of hydrogen-bond acceptors (Lipinski definition) is 5. The van der Waals surface area contributed by atoms with E-state index in [0.717, 1.165) is 6.07 Å². The van der Waals surface area contributed by atoms with E-state index in [-0.39, 0.29) is 22.7 Å². The predicted octanol–water partition coefficient (Wildman–Crippen LogP) is 2.39. The number of halogens is 3. The third-order valence-electron chi connectivity index (χ3n) is 4.11. The lowest BCUT2D eigenvalue weighted by atomic mass is 9.96. The Hall–Kier alpha value is -2.79. The molecule has 28 heavy (non-hydrogen) atoms. The Labute approximate surface area is 159 Å². The van der Waals surface area contributed by atoms with Crippen LogP contribution in [-0.4, -0.2) is 35.7 Å². The number of aryl methyl sites for hydroxylation is 1. The van der Waals surface area contributed by atoms with Crippen LogP contribution in [-0.2, 0) is 29.7 Å². The highest BCUT2D eigenvalue weighted by atomic mass is 32.2. The summed E-state index contributed by atoms with van der Waals surface area (Å²) in [7, 11) is -0.958. The number of sulfonamides is 1. The number of alkyl halides is 3. The third kappa shape index (κ3) is 4.04. The van der Waals surface area contributed by atoms with Crippen molar-refractivity contribution in [3.63, 3.8) is 0 Å². The van der Waals surface area contributed by atoms with Crippen LogP contribution < -0.4 is 4.72 Å². The lowest BCUT2D eigenvalue weighted by molar-refractivity contribution is -0.138. The maximum absolute atomic E-state index is 13.3. The van der Waals surface area contributed by atoms with Gasteiger partial charge in [0.1, 0.15) is 0 Å². The Bertz CT molecular complexity index is 1110. The summed E-state index contributed by atoms with van der Waals surface area (Å²) >= 11 is 0. The fourth-order valence-electron chi connectivity index (χ4n) is 2.75. The number of hydrogen-bond donors (Lipinski definition) is 1. The van der Waals surface area contributed by atoms with Crippen molar-refractivity contribution < 1.29 is 21.6 Å². The van der Waals surface area contributed by atoms with E-state index in [2.05, 4.69) is 20.1 Å². The maximum Gasteiger partial charge on any atom is 0.416 e. The second-order valence-electron chi connectivity index (χ2n) is 5.96. The summed E-state index contributed by atoms with van der Waals surface area (Å²) in [5.41, 5.74) is 0.0468. The monoisotopic (exact) mass is 411 g/mol. The quantitative estimate of drug-likeness (QED) is 0.696. The van der Waals surface area contributed by atoms with Crippen LogP contribution >= 0.6 is 0 Å². The average molecular weight is 411 g/mol. The van der Waals surface area contributed by atoms with Crippen molar-refractivity contribution in [3.8, 4) is 11.4 Å².